The number of carbonyl (C=O) groups excluding carboxylic acids is 6. The third-order valence-corrected chi connectivity index (χ3v) is 16.9. The summed E-state index contributed by atoms with van der Waals surface area (Å²) in [6, 6.07) is 0. The summed E-state index contributed by atoms with van der Waals surface area (Å²) in [4.78, 5) is 71.8. The third-order valence-electron chi connectivity index (χ3n) is 16.9. The molecule has 0 bridgehead atoms. The van der Waals surface area contributed by atoms with Crippen molar-refractivity contribution in [2.24, 2.45) is 0 Å². The molecule has 0 radical (unpaired) electrons. The van der Waals surface area contributed by atoms with Gasteiger partial charge in [0.15, 0.2) is 62.2 Å². The van der Waals surface area contributed by atoms with Crippen LogP contribution in [0.4, 0.5) is 0 Å². The summed E-state index contributed by atoms with van der Waals surface area (Å²) in [7, 11) is 0. The SMILES string of the molecule is CC(=O)OCC1OC(OC/C=C(\C)CC/C=C(\C)CC/C=C(\C)COC2OC(COC(C)=O)C(O)C(OC3OC(C)C(OC4OC(C)C(O)C(OC(C)=O)C4OC(C)=O)C(O)C3O)C2O)C(O)C(OC2OC(C)C(OC3OC(C)C(O)C(OC(C)=O)C3OC(C)=O)C(O)C2O)C1O. The fourth-order valence-electron chi connectivity index (χ4n) is 11.6. The molecular formula is C63H98O34. The van der Waals surface area contributed by atoms with Crippen LogP contribution >= 0.6 is 0 Å². The van der Waals surface area contributed by atoms with Gasteiger partial charge in [-0.15, -0.1) is 0 Å². The van der Waals surface area contributed by atoms with E-state index in [-0.39, 0.29) is 13.2 Å². The lowest BCUT2D eigenvalue weighted by Crippen LogP contribution is -2.66. The first-order valence-corrected chi connectivity index (χ1v) is 32.1. The highest BCUT2D eigenvalue weighted by Gasteiger charge is 2.57. The number of ether oxygens (including phenoxy) is 18. The molecule has 30 unspecified atom stereocenters. The van der Waals surface area contributed by atoms with E-state index in [4.69, 9.17) is 85.3 Å². The summed E-state index contributed by atoms with van der Waals surface area (Å²) in [5.74, 6) is -4.70. The molecule has 554 valence electrons. The number of aliphatic hydroxyl groups excluding tert-OH is 10. The van der Waals surface area contributed by atoms with E-state index in [1.54, 1.807) is 13.0 Å². The van der Waals surface area contributed by atoms with Gasteiger partial charge in [0.05, 0.1) is 37.6 Å². The average Bonchev–Trinajstić information content (AvgIpc) is 0.833. The Morgan fingerprint density at radius 2 is 0.660 bits per heavy atom. The first kappa shape index (κ1) is 81.1. The monoisotopic (exact) mass is 1400 g/mol. The Hall–Kier alpha value is -4.84. The molecule has 0 spiro atoms. The van der Waals surface area contributed by atoms with Gasteiger partial charge in [0.25, 0.3) is 0 Å². The van der Waals surface area contributed by atoms with Crippen molar-refractivity contribution in [2.45, 2.75) is 300 Å². The molecule has 0 aromatic carbocycles. The lowest BCUT2D eigenvalue weighted by Gasteiger charge is -2.48. The van der Waals surface area contributed by atoms with Crippen LogP contribution in [0.1, 0.15) is 116 Å². The van der Waals surface area contributed by atoms with Gasteiger partial charge in [0.2, 0.25) is 0 Å². The van der Waals surface area contributed by atoms with Gasteiger partial charge in [-0.2, -0.15) is 0 Å². The van der Waals surface area contributed by atoms with Crippen LogP contribution in [-0.4, -0.2) is 298 Å². The highest BCUT2D eigenvalue weighted by Crippen LogP contribution is 2.37. The fraction of sp³-hybridized carbons (Fsp3) is 0.810. The molecule has 6 aliphatic heterocycles. The molecule has 0 aromatic heterocycles. The highest BCUT2D eigenvalue weighted by molar-refractivity contribution is 5.68. The molecule has 10 N–H and O–H groups in total. The standard InChI is InChI=1S/C63H98O34/c1-25(17-15-19-27(3)22-83-59-49(79)53(43(73)39(93-59)24-82-33(9)65)97-61-47(77)45(75)51(31(7)87-61)95-63-57(91-37(13)69)55(89-35(11)67)41(71)29(5)85-63)16-14-18-26(2)20-21-80-58-48(78)52(42(72)38(92-58)23-81-32(8)64)96-60-46(76)44(74)50(30(6)86-60)94-62-56(90-36(12)68)54(88-34(10)66)40(70)28(4)84-62/h16,19-20,28-31,38-63,70-79H,14-15,17-18,21-24H2,1-13H3/b25-16+,26-20+,27-19+. The lowest BCUT2D eigenvalue weighted by molar-refractivity contribution is -0.375. The van der Waals surface area contributed by atoms with Gasteiger partial charge in [-0.05, 0) is 74.1 Å². The quantitative estimate of drug-likeness (QED) is 0.0227. The van der Waals surface area contributed by atoms with Gasteiger partial charge >= 0.3 is 35.8 Å². The number of rotatable bonds is 28. The van der Waals surface area contributed by atoms with E-state index in [0.717, 1.165) is 58.3 Å². The molecule has 6 saturated heterocycles. The van der Waals surface area contributed by atoms with E-state index in [0.29, 0.717) is 25.7 Å². The number of allylic oxidation sites excluding steroid dienone is 4. The molecule has 30 atom stereocenters. The van der Waals surface area contributed by atoms with Gasteiger partial charge in [-0.1, -0.05) is 34.9 Å². The topological polar surface area (TPSA) is 471 Å². The van der Waals surface area contributed by atoms with Crippen LogP contribution < -0.4 is 0 Å². The zero-order valence-electron chi connectivity index (χ0n) is 56.5. The predicted octanol–water partition coefficient (Wildman–Crippen LogP) is -2.15. The average molecular weight is 1400 g/mol. The molecule has 6 rings (SSSR count). The first-order chi connectivity index (χ1) is 45.6. The molecule has 97 heavy (non-hydrogen) atoms. The second kappa shape index (κ2) is 37.2. The van der Waals surface area contributed by atoms with Crippen molar-refractivity contribution >= 4 is 35.8 Å². The molecule has 0 saturated carbocycles. The van der Waals surface area contributed by atoms with Crippen molar-refractivity contribution in [1.82, 2.24) is 0 Å². The summed E-state index contributed by atoms with van der Waals surface area (Å²) in [6.07, 6.45) is -37.8. The van der Waals surface area contributed by atoms with Crippen molar-refractivity contribution in [2.75, 3.05) is 26.4 Å². The number of carbonyl (C=O) groups is 6. The van der Waals surface area contributed by atoms with Gasteiger partial charge in [-0.3, -0.25) is 28.8 Å². The van der Waals surface area contributed by atoms with Crippen molar-refractivity contribution in [3.8, 4) is 0 Å². The van der Waals surface area contributed by atoms with Gasteiger partial charge in [0.1, 0.15) is 111 Å². The van der Waals surface area contributed by atoms with E-state index in [9.17, 15) is 79.8 Å². The molecule has 6 aliphatic rings. The number of aliphatic hydroxyl groups is 10. The Bertz CT molecular complexity index is 2670. The van der Waals surface area contributed by atoms with E-state index < -0.39 is 233 Å². The Morgan fingerprint density at radius 3 is 1.04 bits per heavy atom. The summed E-state index contributed by atoms with van der Waals surface area (Å²) in [6.45, 7) is 16.8. The predicted molar refractivity (Wildman–Crippen MR) is 321 cm³/mol. The highest BCUT2D eigenvalue weighted by atomic mass is 16.8. The summed E-state index contributed by atoms with van der Waals surface area (Å²) in [5, 5.41) is 113. The molecular weight excluding hydrogens is 1300 g/mol. The molecule has 34 heteroatoms. The van der Waals surface area contributed by atoms with Crippen LogP contribution in [0.15, 0.2) is 34.9 Å². The smallest absolute Gasteiger partial charge is 0.303 e. The minimum Gasteiger partial charge on any atom is -0.463 e. The van der Waals surface area contributed by atoms with Crippen molar-refractivity contribution in [3.63, 3.8) is 0 Å². The van der Waals surface area contributed by atoms with E-state index >= 15 is 0 Å². The van der Waals surface area contributed by atoms with Gasteiger partial charge in [0, 0.05) is 41.5 Å². The normalized spacial score (nSPS) is 40.7. The molecule has 6 heterocycles. The molecule has 0 amide bonds. The number of hydrogen-bond acceptors (Lipinski definition) is 34. The van der Waals surface area contributed by atoms with E-state index in [1.807, 2.05) is 19.9 Å². The van der Waals surface area contributed by atoms with Crippen LogP contribution in [-0.2, 0) is 114 Å². The number of hydrogen-bond donors (Lipinski definition) is 10. The maximum Gasteiger partial charge on any atom is 0.303 e. The largest absolute Gasteiger partial charge is 0.463 e. The summed E-state index contributed by atoms with van der Waals surface area (Å²) in [5.41, 5.74) is 2.67. The van der Waals surface area contributed by atoms with Crippen LogP contribution in [0.3, 0.4) is 0 Å². The molecule has 34 nitrogen and oxygen atoms in total. The van der Waals surface area contributed by atoms with Crippen molar-refractivity contribution < 1.29 is 165 Å². The third kappa shape index (κ3) is 22.3. The molecule has 0 aromatic rings. The van der Waals surface area contributed by atoms with E-state index in [1.165, 1.54) is 27.7 Å². The van der Waals surface area contributed by atoms with Crippen LogP contribution in [0.5, 0.6) is 0 Å². The minimum absolute atomic E-state index is 0.0829. The summed E-state index contributed by atoms with van der Waals surface area (Å²) < 4.78 is 102. The van der Waals surface area contributed by atoms with Crippen LogP contribution in [0, 0.1) is 0 Å². The van der Waals surface area contributed by atoms with Crippen LogP contribution in [0.25, 0.3) is 0 Å². The van der Waals surface area contributed by atoms with Gasteiger partial charge < -0.3 is 136 Å². The zero-order valence-corrected chi connectivity index (χ0v) is 56.5. The molecule has 6 fully saturated rings. The summed E-state index contributed by atoms with van der Waals surface area (Å²) >= 11 is 0. The van der Waals surface area contributed by atoms with Gasteiger partial charge in [-0.25, -0.2) is 0 Å². The van der Waals surface area contributed by atoms with Crippen LogP contribution in [0.2, 0.25) is 0 Å². The minimum atomic E-state index is -1.93. The van der Waals surface area contributed by atoms with E-state index in [2.05, 4.69) is 6.08 Å². The first-order valence-electron chi connectivity index (χ1n) is 32.1. The number of esters is 6. The molecule has 0 aliphatic carbocycles. The Labute approximate surface area is 560 Å². The van der Waals surface area contributed by atoms with Crippen molar-refractivity contribution in [3.05, 3.63) is 34.9 Å². The second-order valence-corrected chi connectivity index (χ2v) is 25.0. The Morgan fingerprint density at radius 1 is 0.320 bits per heavy atom. The fourth-order valence-corrected chi connectivity index (χ4v) is 11.6. The second-order valence-electron chi connectivity index (χ2n) is 25.0. The maximum absolute atomic E-state index is 12.1. The maximum atomic E-state index is 12.1. The van der Waals surface area contributed by atoms with Crippen molar-refractivity contribution in [1.29, 1.82) is 0 Å². The lowest BCUT2D eigenvalue weighted by atomic mass is 9.96. The Kier molecular flexibility index (Phi) is 31.1. The Balaban J connectivity index is 0.994. The zero-order chi connectivity index (χ0) is 72.0.